The molecule has 0 radical (unpaired) electrons. The van der Waals surface area contributed by atoms with E-state index in [0.29, 0.717) is 12.2 Å². The first-order valence-corrected chi connectivity index (χ1v) is 8.35. The highest BCUT2D eigenvalue weighted by Crippen LogP contribution is 2.23. The van der Waals surface area contributed by atoms with Crippen LogP contribution in [0.15, 0.2) is 90.2 Å². The van der Waals surface area contributed by atoms with Gasteiger partial charge in [-0.1, -0.05) is 36.9 Å². The lowest BCUT2D eigenvalue weighted by Gasteiger charge is -2.09. The molecule has 138 valence electrons. The number of aliphatic imine (C=N–C) groups is 1. The van der Waals surface area contributed by atoms with Crippen molar-refractivity contribution in [1.82, 2.24) is 5.32 Å². The van der Waals surface area contributed by atoms with Gasteiger partial charge in [0, 0.05) is 30.7 Å². The average Bonchev–Trinajstić information content (AvgIpc) is 2.69. The van der Waals surface area contributed by atoms with Gasteiger partial charge in [-0.05, 0) is 47.0 Å². The van der Waals surface area contributed by atoms with Crippen molar-refractivity contribution < 1.29 is 14.6 Å². The van der Waals surface area contributed by atoms with Crippen molar-refractivity contribution in [3.63, 3.8) is 0 Å². The Morgan fingerprint density at radius 2 is 2.00 bits per heavy atom. The van der Waals surface area contributed by atoms with Crippen LogP contribution in [-0.2, 0) is 11.3 Å². The van der Waals surface area contributed by atoms with E-state index in [1.807, 2.05) is 42.5 Å². The lowest BCUT2D eigenvalue weighted by Crippen LogP contribution is -2.13. The third-order valence-electron chi connectivity index (χ3n) is 3.68. The third kappa shape index (κ3) is 6.66. The molecule has 2 aromatic rings. The molecular formula is C22H22N2O3. The van der Waals surface area contributed by atoms with Crippen molar-refractivity contribution in [2.24, 2.45) is 4.99 Å². The van der Waals surface area contributed by atoms with Crippen LogP contribution in [0.25, 0.3) is 11.1 Å². The van der Waals surface area contributed by atoms with Crippen LogP contribution in [0.1, 0.15) is 5.56 Å². The molecule has 0 aliphatic carbocycles. The topological polar surface area (TPSA) is 70.9 Å². The Labute approximate surface area is 159 Å². The summed E-state index contributed by atoms with van der Waals surface area (Å²) in [6.45, 7) is 3.97. The van der Waals surface area contributed by atoms with Crippen molar-refractivity contribution >= 4 is 12.2 Å². The highest BCUT2D eigenvalue weighted by Gasteiger charge is 2.02. The van der Waals surface area contributed by atoms with Crippen LogP contribution in [0.2, 0.25) is 0 Å². The highest BCUT2D eigenvalue weighted by molar-refractivity contribution is 5.81. The summed E-state index contributed by atoms with van der Waals surface area (Å²) in [4.78, 5) is 14.8. The first kappa shape index (κ1) is 19.7. The minimum atomic E-state index is -1.02. The number of allylic oxidation sites excluding steroid dienone is 2. The van der Waals surface area contributed by atoms with Crippen LogP contribution in [0, 0.1) is 0 Å². The minimum absolute atomic E-state index is 0.480. The van der Waals surface area contributed by atoms with E-state index in [4.69, 9.17) is 9.84 Å². The largest absolute Gasteiger partial charge is 0.497 e. The summed E-state index contributed by atoms with van der Waals surface area (Å²) in [6, 6.07) is 15.9. The van der Waals surface area contributed by atoms with Crippen molar-refractivity contribution in [1.29, 1.82) is 0 Å². The molecule has 2 aromatic carbocycles. The lowest BCUT2D eigenvalue weighted by molar-refractivity contribution is -0.131. The number of aliphatic carboxylic acids is 1. The van der Waals surface area contributed by atoms with E-state index in [0.717, 1.165) is 28.5 Å². The summed E-state index contributed by atoms with van der Waals surface area (Å²) in [7, 11) is 1.64. The summed E-state index contributed by atoms with van der Waals surface area (Å²) in [6.07, 6.45) is 7.36. The van der Waals surface area contributed by atoms with Crippen LogP contribution >= 0.6 is 0 Å². The number of nitrogens with zero attached hydrogens (tertiary/aromatic N) is 1. The molecule has 2 rings (SSSR count). The molecule has 0 saturated heterocycles. The first-order chi connectivity index (χ1) is 13.1. The van der Waals surface area contributed by atoms with Crippen molar-refractivity contribution in [3.8, 4) is 16.9 Å². The molecule has 5 nitrogen and oxygen atoms in total. The smallest absolute Gasteiger partial charge is 0.330 e. The average molecular weight is 362 g/mol. The van der Waals surface area contributed by atoms with E-state index >= 15 is 0 Å². The van der Waals surface area contributed by atoms with Gasteiger partial charge in [0.2, 0.25) is 0 Å². The zero-order valence-electron chi connectivity index (χ0n) is 15.1. The fourth-order valence-corrected chi connectivity index (χ4v) is 2.40. The van der Waals surface area contributed by atoms with Gasteiger partial charge < -0.3 is 15.2 Å². The zero-order chi connectivity index (χ0) is 19.5. The number of hydrogen-bond acceptors (Lipinski definition) is 4. The molecule has 0 aliphatic rings. The fraction of sp³-hybridized carbons (Fsp3) is 0.0909. The number of ether oxygens (including phenoxy) is 1. The van der Waals surface area contributed by atoms with Crippen LogP contribution in [0.5, 0.6) is 5.75 Å². The summed E-state index contributed by atoms with van der Waals surface area (Å²) in [5.74, 6) is -0.207. The Balaban J connectivity index is 2.11. The summed E-state index contributed by atoms with van der Waals surface area (Å²) in [5, 5.41) is 12.1. The fourth-order valence-electron chi connectivity index (χ4n) is 2.40. The Hall–Kier alpha value is -3.60. The SMILES string of the molecule is C=CN=C/C=C\C(=C\C(=O)O)NCc1cccc(-c2ccc(OC)cc2)c1. The molecule has 0 fully saturated rings. The minimum Gasteiger partial charge on any atom is -0.497 e. The quantitative estimate of drug-likeness (QED) is 0.399. The summed E-state index contributed by atoms with van der Waals surface area (Å²) in [5.41, 5.74) is 3.68. The molecule has 0 atom stereocenters. The van der Waals surface area contributed by atoms with Crippen LogP contribution < -0.4 is 10.1 Å². The van der Waals surface area contributed by atoms with Gasteiger partial charge in [0.25, 0.3) is 0 Å². The highest BCUT2D eigenvalue weighted by atomic mass is 16.5. The lowest BCUT2D eigenvalue weighted by atomic mass is 10.0. The van der Waals surface area contributed by atoms with Gasteiger partial charge in [0.05, 0.1) is 7.11 Å². The molecule has 0 amide bonds. The van der Waals surface area contributed by atoms with E-state index in [2.05, 4.69) is 23.0 Å². The van der Waals surface area contributed by atoms with Crippen molar-refractivity contribution in [2.75, 3.05) is 7.11 Å². The van der Waals surface area contributed by atoms with E-state index in [9.17, 15) is 4.79 Å². The number of methoxy groups -OCH3 is 1. The van der Waals surface area contributed by atoms with Crippen molar-refractivity contribution in [3.05, 3.63) is 90.8 Å². The second kappa shape index (κ2) is 10.4. The molecular weight excluding hydrogens is 340 g/mol. The van der Waals surface area contributed by atoms with Gasteiger partial charge in [-0.25, -0.2) is 4.79 Å². The number of rotatable bonds is 9. The molecule has 0 unspecified atom stereocenters. The maximum absolute atomic E-state index is 11.0. The monoisotopic (exact) mass is 362 g/mol. The molecule has 0 aliphatic heterocycles. The Kier molecular flexibility index (Phi) is 7.60. The second-order valence-corrected chi connectivity index (χ2v) is 5.56. The Morgan fingerprint density at radius 1 is 1.22 bits per heavy atom. The van der Waals surface area contributed by atoms with Gasteiger partial charge in [-0.15, -0.1) is 0 Å². The number of carbonyl (C=O) groups is 1. The van der Waals surface area contributed by atoms with E-state index in [1.165, 1.54) is 12.4 Å². The van der Waals surface area contributed by atoms with Gasteiger partial charge in [-0.2, -0.15) is 0 Å². The molecule has 0 heterocycles. The predicted molar refractivity (Wildman–Crippen MR) is 109 cm³/mol. The predicted octanol–water partition coefficient (Wildman–Crippen LogP) is 4.19. The number of hydrogen-bond donors (Lipinski definition) is 2. The molecule has 0 saturated carbocycles. The maximum atomic E-state index is 11.0. The molecule has 2 N–H and O–H groups in total. The second-order valence-electron chi connectivity index (χ2n) is 5.56. The number of carboxylic acid groups (broad SMARTS) is 1. The molecule has 0 spiro atoms. The van der Waals surface area contributed by atoms with E-state index in [1.54, 1.807) is 19.3 Å². The van der Waals surface area contributed by atoms with Gasteiger partial charge in [0.1, 0.15) is 5.75 Å². The molecule has 0 bridgehead atoms. The Morgan fingerprint density at radius 3 is 2.67 bits per heavy atom. The molecule has 5 heteroatoms. The Bertz CT molecular complexity index is 865. The molecule has 27 heavy (non-hydrogen) atoms. The number of carboxylic acids is 1. The number of nitrogens with one attached hydrogen (secondary N) is 1. The van der Waals surface area contributed by atoms with Gasteiger partial charge >= 0.3 is 5.97 Å². The van der Waals surface area contributed by atoms with Crippen LogP contribution in [0.3, 0.4) is 0 Å². The van der Waals surface area contributed by atoms with Crippen LogP contribution in [0.4, 0.5) is 0 Å². The van der Waals surface area contributed by atoms with Gasteiger partial charge in [-0.3, -0.25) is 4.99 Å². The molecule has 0 aromatic heterocycles. The number of benzene rings is 2. The van der Waals surface area contributed by atoms with Crippen LogP contribution in [-0.4, -0.2) is 24.4 Å². The standard InChI is InChI=1S/C22H22N2O3/c1-3-23-13-5-8-20(15-22(25)26)24-16-17-6-4-7-19(14-17)18-9-11-21(27-2)12-10-18/h3-15,24H,1,16H2,2H3,(H,25,26)/b8-5-,20-15-,23-13?. The normalized spacial score (nSPS) is 11.7. The maximum Gasteiger partial charge on any atom is 0.330 e. The zero-order valence-corrected chi connectivity index (χ0v) is 15.1. The summed E-state index contributed by atoms with van der Waals surface area (Å²) < 4.78 is 5.19. The third-order valence-corrected chi connectivity index (χ3v) is 3.68. The van der Waals surface area contributed by atoms with Crippen molar-refractivity contribution in [2.45, 2.75) is 6.54 Å². The first-order valence-electron chi connectivity index (χ1n) is 8.35. The summed E-state index contributed by atoms with van der Waals surface area (Å²) >= 11 is 0. The van der Waals surface area contributed by atoms with E-state index < -0.39 is 5.97 Å². The van der Waals surface area contributed by atoms with E-state index in [-0.39, 0.29) is 0 Å². The van der Waals surface area contributed by atoms with Gasteiger partial charge in [0.15, 0.2) is 0 Å².